The third-order valence-electron chi connectivity index (χ3n) is 3.45. The van der Waals surface area contributed by atoms with E-state index < -0.39 is 0 Å². The van der Waals surface area contributed by atoms with Crippen molar-refractivity contribution in [1.29, 1.82) is 0 Å². The lowest BCUT2D eigenvalue weighted by Gasteiger charge is -2.13. The first kappa shape index (κ1) is 13.8. The van der Waals surface area contributed by atoms with Crippen molar-refractivity contribution >= 4 is 24.0 Å². The zero-order valence-electron chi connectivity index (χ0n) is 9.63. The van der Waals surface area contributed by atoms with Crippen molar-refractivity contribution < 1.29 is 0 Å². The number of hydrogen-bond donors (Lipinski definition) is 1. The maximum absolute atomic E-state index is 5.83. The largest absolute Gasteiger partial charge is 0.312 e. The Labute approximate surface area is 109 Å². The molecule has 3 heteroatoms. The third kappa shape index (κ3) is 3.65. The van der Waals surface area contributed by atoms with E-state index in [4.69, 9.17) is 11.6 Å². The molecule has 90 valence electrons. The Bertz CT molecular complexity index is 317. The van der Waals surface area contributed by atoms with Crippen LogP contribution in [0, 0.1) is 5.41 Å². The zero-order chi connectivity index (χ0) is 10.7. The van der Waals surface area contributed by atoms with Crippen LogP contribution in [-0.4, -0.2) is 6.54 Å². The second-order valence-corrected chi connectivity index (χ2v) is 5.02. The number of benzene rings is 1. The van der Waals surface area contributed by atoms with Gasteiger partial charge in [-0.15, -0.1) is 12.4 Å². The summed E-state index contributed by atoms with van der Waals surface area (Å²) in [4.78, 5) is 0. The van der Waals surface area contributed by atoms with Gasteiger partial charge in [-0.1, -0.05) is 30.7 Å². The Morgan fingerprint density at radius 1 is 1.25 bits per heavy atom. The first-order valence-electron chi connectivity index (χ1n) is 5.69. The van der Waals surface area contributed by atoms with Gasteiger partial charge in [-0.3, -0.25) is 0 Å². The Morgan fingerprint density at radius 2 is 1.88 bits per heavy atom. The summed E-state index contributed by atoms with van der Waals surface area (Å²) in [5, 5.41) is 4.34. The molecule has 2 rings (SSSR count). The Kier molecular flexibility index (Phi) is 5.10. The Hall–Kier alpha value is -0.240. The first-order chi connectivity index (χ1) is 7.24. The summed E-state index contributed by atoms with van der Waals surface area (Å²) < 4.78 is 0. The van der Waals surface area contributed by atoms with Gasteiger partial charge in [0.1, 0.15) is 0 Å². The molecule has 0 unspecified atom stereocenters. The van der Waals surface area contributed by atoms with Crippen LogP contribution >= 0.6 is 24.0 Å². The minimum absolute atomic E-state index is 0. The standard InChI is InChI=1S/C13H18ClN.ClH/c1-2-13(7-8-13)10-15-9-11-3-5-12(14)6-4-11;/h3-6,15H,2,7-10H2,1H3;1H. The van der Waals surface area contributed by atoms with Gasteiger partial charge in [-0.25, -0.2) is 0 Å². The van der Waals surface area contributed by atoms with E-state index in [-0.39, 0.29) is 12.4 Å². The van der Waals surface area contributed by atoms with Crippen LogP contribution in [-0.2, 0) is 6.54 Å². The highest BCUT2D eigenvalue weighted by Gasteiger charge is 2.39. The predicted molar refractivity (Wildman–Crippen MR) is 72.4 cm³/mol. The van der Waals surface area contributed by atoms with Gasteiger partial charge in [0.2, 0.25) is 0 Å². The Balaban J connectivity index is 0.00000128. The predicted octanol–water partition coefficient (Wildman–Crippen LogP) is 4.04. The molecule has 0 bridgehead atoms. The molecule has 0 amide bonds. The van der Waals surface area contributed by atoms with Gasteiger partial charge in [0.25, 0.3) is 0 Å². The molecular weight excluding hydrogens is 241 g/mol. The fourth-order valence-corrected chi connectivity index (χ4v) is 2.03. The SMILES string of the molecule is CCC1(CNCc2ccc(Cl)cc2)CC1.Cl. The molecule has 1 aromatic carbocycles. The van der Waals surface area contributed by atoms with Crippen LogP contribution in [0.1, 0.15) is 31.7 Å². The van der Waals surface area contributed by atoms with Crippen LogP contribution in [0.3, 0.4) is 0 Å². The van der Waals surface area contributed by atoms with Crippen LogP contribution in [0.25, 0.3) is 0 Å². The van der Waals surface area contributed by atoms with Crippen molar-refractivity contribution in [3.63, 3.8) is 0 Å². The molecule has 0 radical (unpaired) electrons. The highest BCUT2D eigenvalue weighted by Crippen LogP contribution is 2.47. The first-order valence-corrected chi connectivity index (χ1v) is 6.07. The maximum atomic E-state index is 5.83. The number of nitrogens with one attached hydrogen (secondary N) is 1. The van der Waals surface area contributed by atoms with Gasteiger partial charge in [-0.2, -0.15) is 0 Å². The van der Waals surface area contributed by atoms with Crippen LogP contribution in [0.2, 0.25) is 5.02 Å². The lowest BCUT2D eigenvalue weighted by Crippen LogP contribution is -2.23. The van der Waals surface area contributed by atoms with E-state index in [1.165, 1.54) is 24.8 Å². The molecule has 0 spiro atoms. The van der Waals surface area contributed by atoms with E-state index in [1.807, 2.05) is 12.1 Å². The minimum Gasteiger partial charge on any atom is -0.312 e. The van der Waals surface area contributed by atoms with Crippen molar-refractivity contribution in [2.45, 2.75) is 32.7 Å². The molecule has 0 atom stereocenters. The molecule has 0 aliphatic heterocycles. The van der Waals surface area contributed by atoms with Crippen LogP contribution in [0.15, 0.2) is 24.3 Å². The summed E-state index contributed by atoms with van der Waals surface area (Å²) in [6.07, 6.45) is 4.11. The quantitative estimate of drug-likeness (QED) is 0.842. The average molecular weight is 260 g/mol. The molecule has 0 saturated heterocycles. The van der Waals surface area contributed by atoms with Crippen LogP contribution in [0.5, 0.6) is 0 Å². The average Bonchev–Trinajstić information content (AvgIpc) is 3.02. The van der Waals surface area contributed by atoms with Gasteiger partial charge in [-0.05, 0) is 42.4 Å². The van der Waals surface area contributed by atoms with E-state index in [0.717, 1.165) is 18.1 Å². The molecule has 1 aliphatic carbocycles. The van der Waals surface area contributed by atoms with Crippen LogP contribution in [0.4, 0.5) is 0 Å². The van der Waals surface area contributed by atoms with E-state index in [0.29, 0.717) is 5.41 Å². The van der Waals surface area contributed by atoms with Crippen molar-refractivity contribution in [2.75, 3.05) is 6.54 Å². The summed E-state index contributed by atoms with van der Waals surface area (Å²) >= 11 is 5.83. The van der Waals surface area contributed by atoms with Crippen molar-refractivity contribution in [2.24, 2.45) is 5.41 Å². The van der Waals surface area contributed by atoms with Gasteiger partial charge in [0.05, 0.1) is 0 Å². The fraction of sp³-hybridized carbons (Fsp3) is 0.538. The lowest BCUT2D eigenvalue weighted by atomic mass is 10.0. The molecular formula is C13H19Cl2N. The highest BCUT2D eigenvalue weighted by atomic mass is 35.5. The second-order valence-electron chi connectivity index (χ2n) is 4.58. The molecule has 1 N–H and O–H groups in total. The number of halogens is 2. The van der Waals surface area contributed by atoms with Crippen molar-refractivity contribution in [1.82, 2.24) is 5.32 Å². The molecule has 1 aromatic rings. The summed E-state index contributed by atoms with van der Waals surface area (Å²) in [5.41, 5.74) is 1.94. The van der Waals surface area contributed by atoms with Gasteiger partial charge in [0.15, 0.2) is 0 Å². The van der Waals surface area contributed by atoms with Gasteiger partial charge < -0.3 is 5.32 Å². The van der Waals surface area contributed by atoms with Crippen LogP contribution < -0.4 is 5.32 Å². The molecule has 16 heavy (non-hydrogen) atoms. The Morgan fingerprint density at radius 3 is 2.38 bits per heavy atom. The molecule has 0 aromatic heterocycles. The maximum Gasteiger partial charge on any atom is 0.0406 e. The monoisotopic (exact) mass is 259 g/mol. The summed E-state index contributed by atoms with van der Waals surface area (Å²) in [6, 6.07) is 8.07. The molecule has 1 fully saturated rings. The van der Waals surface area contributed by atoms with Gasteiger partial charge in [0, 0.05) is 18.1 Å². The lowest BCUT2D eigenvalue weighted by molar-refractivity contribution is 0.443. The van der Waals surface area contributed by atoms with Crippen molar-refractivity contribution in [3.05, 3.63) is 34.9 Å². The molecule has 1 aliphatic rings. The van der Waals surface area contributed by atoms with Crippen molar-refractivity contribution in [3.8, 4) is 0 Å². The van der Waals surface area contributed by atoms with E-state index in [2.05, 4.69) is 24.4 Å². The topological polar surface area (TPSA) is 12.0 Å². The molecule has 1 saturated carbocycles. The molecule has 0 heterocycles. The van der Waals surface area contributed by atoms with E-state index in [1.54, 1.807) is 0 Å². The third-order valence-corrected chi connectivity index (χ3v) is 3.70. The second kappa shape index (κ2) is 5.90. The van der Waals surface area contributed by atoms with E-state index in [9.17, 15) is 0 Å². The van der Waals surface area contributed by atoms with E-state index >= 15 is 0 Å². The zero-order valence-corrected chi connectivity index (χ0v) is 11.2. The highest BCUT2D eigenvalue weighted by molar-refractivity contribution is 6.30. The summed E-state index contributed by atoms with van der Waals surface area (Å²) in [5.74, 6) is 0. The normalized spacial score (nSPS) is 16.6. The number of hydrogen-bond acceptors (Lipinski definition) is 1. The van der Waals surface area contributed by atoms with Gasteiger partial charge >= 0.3 is 0 Å². The number of rotatable bonds is 5. The minimum atomic E-state index is 0. The smallest absolute Gasteiger partial charge is 0.0406 e. The summed E-state index contributed by atoms with van der Waals surface area (Å²) in [6.45, 7) is 4.40. The molecule has 1 nitrogen and oxygen atoms in total. The fourth-order valence-electron chi connectivity index (χ4n) is 1.91. The summed E-state index contributed by atoms with van der Waals surface area (Å²) in [7, 11) is 0.